The lowest BCUT2D eigenvalue weighted by atomic mass is 10.3. The maximum absolute atomic E-state index is 11.3. The van der Waals surface area contributed by atoms with E-state index in [-0.39, 0.29) is 5.91 Å². The SMILES string of the molecule is C=C(Br)CNC(=O)c1cc(C)sn1. The number of hydrogen-bond donors (Lipinski definition) is 1. The second-order valence-electron chi connectivity index (χ2n) is 2.52. The van der Waals surface area contributed by atoms with Gasteiger partial charge in [0.05, 0.1) is 0 Å². The molecule has 0 saturated carbocycles. The van der Waals surface area contributed by atoms with Gasteiger partial charge < -0.3 is 5.32 Å². The Morgan fingerprint density at radius 1 is 1.85 bits per heavy atom. The first-order valence-electron chi connectivity index (χ1n) is 3.64. The molecule has 0 spiro atoms. The van der Waals surface area contributed by atoms with E-state index >= 15 is 0 Å². The number of nitrogens with one attached hydrogen (secondary N) is 1. The zero-order valence-electron chi connectivity index (χ0n) is 7.13. The maximum Gasteiger partial charge on any atom is 0.271 e. The fourth-order valence-electron chi connectivity index (χ4n) is 0.740. The molecule has 0 saturated heterocycles. The van der Waals surface area contributed by atoms with Crippen LogP contribution in [-0.2, 0) is 0 Å². The van der Waals surface area contributed by atoms with Gasteiger partial charge in [0.1, 0.15) is 5.69 Å². The van der Waals surface area contributed by atoms with Gasteiger partial charge in [0.15, 0.2) is 0 Å². The Kier molecular flexibility index (Phi) is 3.62. The van der Waals surface area contributed by atoms with Crippen LogP contribution in [0.3, 0.4) is 0 Å². The van der Waals surface area contributed by atoms with Gasteiger partial charge in [0.25, 0.3) is 5.91 Å². The summed E-state index contributed by atoms with van der Waals surface area (Å²) < 4.78 is 4.72. The van der Waals surface area contributed by atoms with Crippen LogP contribution in [0.5, 0.6) is 0 Å². The summed E-state index contributed by atoms with van der Waals surface area (Å²) in [6, 6.07) is 1.76. The molecule has 1 aromatic rings. The number of nitrogens with zero attached hydrogens (tertiary/aromatic N) is 1. The van der Waals surface area contributed by atoms with Gasteiger partial charge in [-0.1, -0.05) is 22.5 Å². The summed E-state index contributed by atoms with van der Waals surface area (Å²) in [6.45, 7) is 5.95. The smallest absolute Gasteiger partial charge is 0.271 e. The highest BCUT2D eigenvalue weighted by Gasteiger charge is 2.07. The van der Waals surface area contributed by atoms with E-state index in [4.69, 9.17) is 0 Å². The molecule has 13 heavy (non-hydrogen) atoms. The van der Waals surface area contributed by atoms with Crippen LogP contribution in [0.25, 0.3) is 0 Å². The van der Waals surface area contributed by atoms with E-state index < -0.39 is 0 Å². The Balaban J connectivity index is 2.54. The molecule has 5 heteroatoms. The predicted octanol–water partition coefficient (Wildman–Crippen LogP) is 2.09. The molecular weight excluding hydrogens is 252 g/mol. The van der Waals surface area contributed by atoms with Crippen LogP contribution in [0.1, 0.15) is 15.4 Å². The summed E-state index contributed by atoms with van der Waals surface area (Å²) in [7, 11) is 0. The third-order valence-electron chi connectivity index (χ3n) is 1.30. The van der Waals surface area contributed by atoms with E-state index in [0.29, 0.717) is 12.2 Å². The molecule has 0 aliphatic rings. The van der Waals surface area contributed by atoms with Crippen molar-refractivity contribution in [2.24, 2.45) is 0 Å². The van der Waals surface area contributed by atoms with E-state index in [1.165, 1.54) is 11.5 Å². The molecule has 0 aromatic carbocycles. The van der Waals surface area contributed by atoms with Gasteiger partial charge in [-0.25, -0.2) is 0 Å². The average Bonchev–Trinajstić information content (AvgIpc) is 2.47. The van der Waals surface area contributed by atoms with Crippen LogP contribution in [0.2, 0.25) is 0 Å². The standard InChI is InChI=1S/C8H9BrN2OS/c1-5(9)4-10-8(12)7-3-6(2)13-11-7/h3H,1,4H2,2H3,(H,10,12). The Morgan fingerprint density at radius 2 is 2.54 bits per heavy atom. The Morgan fingerprint density at radius 3 is 3.00 bits per heavy atom. The second kappa shape index (κ2) is 4.53. The molecule has 0 aliphatic carbocycles. The van der Waals surface area contributed by atoms with E-state index in [1.54, 1.807) is 6.07 Å². The van der Waals surface area contributed by atoms with Gasteiger partial charge in [0, 0.05) is 15.9 Å². The van der Waals surface area contributed by atoms with Gasteiger partial charge in [-0.2, -0.15) is 4.37 Å². The first-order valence-corrected chi connectivity index (χ1v) is 5.21. The molecule has 1 N–H and O–H groups in total. The average molecular weight is 261 g/mol. The third-order valence-corrected chi connectivity index (χ3v) is 2.28. The molecule has 3 nitrogen and oxygen atoms in total. The largest absolute Gasteiger partial charge is 0.346 e. The number of carbonyl (C=O) groups is 1. The zero-order valence-corrected chi connectivity index (χ0v) is 9.54. The number of carbonyl (C=O) groups excluding carboxylic acids is 1. The van der Waals surface area contributed by atoms with E-state index in [1.807, 2.05) is 6.92 Å². The first kappa shape index (κ1) is 10.4. The second-order valence-corrected chi connectivity index (χ2v) is 4.65. The summed E-state index contributed by atoms with van der Waals surface area (Å²) in [5.74, 6) is -0.162. The molecule has 0 bridgehead atoms. The van der Waals surface area contributed by atoms with Gasteiger partial charge in [-0.05, 0) is 24.5 Å². The lowest BCUT2D eigenvalue weighted by Gasteiger charge is -1.99. The highest BCUT2D eigenvalue weighted by molar-refractivity contribution is 9.11. The molecule has 1 aromatic heterocycles. The molecule has 0 unspecified atom stereocenters. The minimum Gasteiger partial charge on any atom is -0.346 e. The predicted molar refractivity (Wildman–Crippen MR) is 57.3 cm³/mol. The number of aromatic nitrogens is 1. The summed E-state index contributed by atoms with van der Waals surface area (Å²) >= 11 is 4.48. The third kappa shape index (κ3) is 3.28. The molecule has 1 amide bonds. The number of halogens is 1. The van der Waals surface area contributed by atoms with Crippen molar-refractivity contribution >= 4 is 33.4 Å². The Hall–Kier alpha value is -0.680. The topological polar surface area (TPSA) is 42.0 Å². The fraction of sp³-hybridized carbons (Fsp3) is 0.250. The van der Waals surface area contributed by atoms with E-state index in [9.17, 15) is 4.79 Å². The first-order chi connectivity index (χ1) is 6.09. The Bertz CT molecular complexity index is 335. The van der Waals surface area contributed by atoms with Gasteiger partial charge in [-0.15, -0.1) is 0 Å². The fourth-order valence-corrected chi connectivity index (χ4v) is 1.42. The highest BCUT2D eigenvalue weighted by Crippen LogP contribution is 2.07. The number of aryl methyl sites for hydroxylation is 1. The van der Waals surface area contributed by atoms with Crippen molar-refractivity contribution in [2.45, 2.75) is 6.92 Å². The van der Waals surface area contributed by atoms with Crippen molar-refractivity contribution in [3.8, 4) is 0 Å². The molecule has 0 aliphatic heterocycles. The number of amides is 1. The van der Waals surface area contributed by atoms with Crippen LogP contribution >= 0.6 is 27.5 Å². The molecular formula is C8H9BrN2OS. The van der Waals surface area contributed by atoms with Crippen molar-refractivity contribution in [1.29, 1.82) is 0 Å². The molecule has 0 fully saturated rings. The summed E-state index contributed by atoms with van der Waals surface area (Å²) in [6.07, 6.45) is 0. The normalized spacial score (nSPS) is 9.69. The lowest BCUT2D eigenvalue weighted by Crippen LogP contribution is -2.24. The van der Waals surface area contributed by atoms with Crippen LogP contribution < -0.4 is 5.32 Å². The molecule has 0 radical (unpaired) electrons. The van der Waals surface area contributed by atoms with Gasteiger partial charge >= 0.3 is 0 Å². The van der Waals surface area contributed by atoms with E-state index in [0.717, 1.165) is 9.36 Å². The molecule has 0 atom stereocenters. The van der Waals surface area contributed by atoms with Crippen LogP contribution in [0.15, 0.2) is 17.1 Å². The monoisotopic (exact) mass is 260 g/mol. The van der Waals surface area contributed by atoms with Crippen molar-refractivity contribution in [3.05, 3.63) is 27.7 Å². The summed E-state index contributed by atoms with van der Waals surface area (Å²) in [5.41, 5.74) is 0.469. The number of rotatable bonds is 3. The molecule has 1 rings (SSSR count). The van der Waals surface area contributed by atoms with Crippen molar-refractivity contribution < 1.29 is 4.79 Å². The summed E-state index contributed by atoms with van der Waals surface area (Å²) in [5, 5.41) is 2.67. The highest BCUT2D eigenvalue weighted by atomic mass is 79.9. The number of hydrogen-bond acceptors (Lipinski definition) is 3. The van der Waals surface area contributed by atoms with Crippen LogP contribution in [-0.4, -0.2) is 16.8 Å². The van der Waals surface area contributed by atoms with Crippen LogP contribution in [0.4, 0.5) is 0 Å². The van der Waals surface area contributed by atoms with Gasteiger partial charge in [-0.3, -0.25) is 4.79 Å². The quantitative estimate of drug-likeness (QED) is 0.905. The van der Waals surface area contributed by atoms with Crippen LogP contribution in [0, 0.1) is 6.92 Å². The minimum atomic E-state index is -0.162. The maximum atomic E-state index is 11.3. The van der Waals surface area contributed by atoms with Crippen molar-refractivity contribution in [3.63, 3.8) is 0 Å². The summed E-state index contributed by atoms with van der Waals surface area (Å²) in [4.78, 5) is 12.4. The van der Waals surface area contributed by atoms with Crippen molar-refractivity contribution in [1.82, 2.24) is 9.69 Å². The minimum absolute atomic E-state index is 0.162. The van der Waals surface area contributed by atoms with Gasteiger partial charge in [0.2, 0.25) is 0 Å². The van der Waals surface area contributed by atoms with Crippen molar-refractivity contribution in [2.75, 3.05) is 6.54 Å². The zero-order chi connectivity index (χ0) is 9.84. The Labute approximate surface area is 89.1 Å². The molecule has 70 valence electrons. The van der Waals surface area contributed by atoms with E-state index in [2.05, 4.69) is 32.2 Å². The lowest BCUT2D eigenvalue weighted by molar-refractivity contribution is 0.0954. The molecule has 1 heterocycles.